The number of nitriles is 1. The fraction of sp³-hybridized carbons (Fsp3) is 0.818. The van der Waals surface area contributed by atoms with Crippen molar-refractivity contribution in [3.8, 4) is 6.07 Å². The number of piperidine rings is 1. The Bertz CT molecular complexity index is 337. The van der Waals surface area contributed by atoms with Crippen LogP contribution >= 0.6 is 0 Å². The number of alkyl halides is 3. The highest BCUT2D eigenvalue weighted by Crippen LogP contribution is 2.28. The lowest BCUT2D eigenvalue weighted by molar-refractivity contribution is -0.164. The number of rotatable bonds is 3. The van der Waals surface area contributed by atoms with Crippen molar-refractivity contribution in [3.05, 3.63) is 0 Å². The molecular weight excluding hydrogens is 247 g/mol. The Hall–Kier alpha value is -1.29. The quantitative estimate of drug-likeness (QED) is 0.831. The van der Waals surface area contributed by atoms with Crippen LogP contribution in [0.2, 0.25) is 0 Å². The lowest BCUT2D eigenvalue weighted by Crippen LogP contribution is -2.45. The number of carbonyl (C=O) groups is 1. The van der Waals surface area contributed by atoms with Crippen molar-refractivity contribution in [3.63, 3.8) is 0 Å². The van der Waals surface area contributed by atoms with Gasteiger partial charge in [0.1, 0.15) is 0 Å². The molecule has 1 aliphatic rings. The molecule has 1 rings (SSSR count). The molecule has 2 atom stereocenters. The minimum Gasteiger partial charge on any atom is -0.359 e. The molecule has 1 aliphatic heterocycles. The summed E-state index contributed by atoms with van der Waals surface area (Å²) in [6.45, 7) is 0.434. The topological polar surface area (TPSA) is 56.1 Å². The van der Waals surface area contributed by atoms with Gasteiger partial charge >= 0.3 is 6.18 Å². The molecule has 0 aromatic rings. The summed E-state index contributed by atoms with van der Waals surface area (Å²) in [6, 6.07) is 1.28. The van der Waals surface area contributed by atoms with E-state index in [1.807, 2.05) is 0 Å². The number of carbonyl (C=O) groups excluding carboxylic acids is 1. The molecule has 0 bridgehead atoms. The monoisotopic (exact) mass is 263 g/mol. The summed E-state index contributed by atoms with van der Waals surface area (Å²) < 4.78 is 37.4. The molecule has 1 amide bonds. The van der Waals surface area contributed by atoms with E-state index in [0.717, 1.165) is 0 Å². The first kappa shape index (κ1) is 14.8. The first-order chi connectivity index (χ1) is 8.38. The van der Waals surface area contributed by atoms with E-state index in [1.165, 1.54) is 13.1 Å². The van der Waals surface area contributed by atoms with Crippen molar-refractivity contribution in [1.29, 1.82) is 5.26 Å². The number of nitrogens with one attached hydrogen (secondary N) is 1. The van der Waals surface area contributed by atoms with Gasteiger partial charge in [-0.15, -0.1) is 0 Å². The van der Waals surface area contributed by atoms with Crippen LogP contribution in [0.5, 0.6) is 0 Å². The highest BCUT2D eigenvalue weighted by molar-refractivity contribution is 5.78. The van der Waals surface area contributed by atoms with Crippen molar-refractivity contribution in [1.82, 2.24) is 10.2 Å². The second-order valence-electron chi connectivity index (χ2n) is 4.44. The second-order valence-corrected chi connectivity index (χ2v) is 4.44. The second kappa shape index (κ2) is 6.05. The molecule has 1 heterocycles. The number of hydrogen-bond acceptors (Lipinski definition) is 3. The molecule has 0 radical (unpaired) electrons. The van der Waals surface area contributed by atoms with E-state index in [4.69, 9.17) is 5.26 Å². The van der Waals surface area contributed by atoms with Crippen molar-refractivity contribution >= 4 is 5.91 Å². The Morgan fingerprint density at radius 2 is 2.28 bits per heavy atom. The van der Waals surface area contributed by atoms with E-state index < -0.39 is 12.1 Å². The Morgan fingerprint density at radius 3 is 2.78 bits per heavy atom. The van der Waals surface area contributed by atoms with Crippen molar-refractivity contribution in [2.45, 2.75) is 19.0 Å². The molecular formula is C11H16F3N3O. The predicted molar refractivity (Wildman–Crippen MR) is 58.4 cm³/mol. The first-order valence-corrected chi connectivity index (χ1v) is 5.78. The van der Waals surface area contributed by atoms with E-state index in [1.54, 1.807) is 4.90 Å². The normalized spacial score (nSPS) is 23.2. The molecule has 7 heteroatoms. The fourth-order valence-corrected chi connectivity index (χ4v) is 2.12. The van der Waals surface area contributed by atoms with Crippen LogP contribution in [0, 0.1) is 23.2 Å². The third kappa shape index (κ3) is 3.88. The lowest BCUT2D eigenvalue weighted by atomic mass is 9.96. The Kier molecular flexibility index (Phi) is 4.96. The molecule has 0 saturated carbocycles. The number of likely N-dealkylation sites (tertiary alicyclic amines) is 1. The van der Waals surface area contributed by atoms with E-state index >= 15 is 0 Å². The fourth-order valence-electron chi connectivity index (χ4n) is 2.12. The molecule has 4 nitrogen and oxygen atoms in total. The summed E-state index contributed by atoms with van der Waals surface area (Å²) in [5, 5.41) is 11.0. The third-order valence-corrected chi connectivity index (χ3v) is 3.11. The van der Waals surface area contributed by atoms with Gasteiger partial charge in [-0.2, -0.15) is 18.4 Å². The molecule has 0 spiro atoms. The standard InChI is InChI=1S/C11H16F3N3O/c1-16-10(18)8-3-2-4-17(6-8)7-9(5-15)11(12,13)14/h8-9H,2-4,6-7H2,1H3,(H,16,18). The summed E-state index contributed by atoms with van der Waals surface area (Å²) in [5.41, 5.74) is 0. The van der Waals surface area contributed by atoms with Crippen molar-refractivity contribution < 1.29 is 18.0 Å². The molecule has 0 aromatic heterocycles. The van der Waals surface area contributed by atoms with Gasteiger partial charge < -0.3 is 10.2 Å². The first-order valence-electron chi connectivity index (χ1n) is 5.78. The zero-order chi connectivity index (χ0) is 13.8. The smallest absolute Gasteiger partial charge is 0.359 e. The maximum Gasteiger partial charge on any atom is 0.405 e. The predicted octanol–water partition coefficient (Wildman–Crippen LogP) is 1.15. The van der Waals surface area contributed by atoms with E-state index in [9.17, 15) is 18.0 Å². The highest BCUT2D eigenvalue weighted by atomic mass is 19.4. The van der Waals surface area contributed by atoms with Gasteiger partial charge in [0.2, 0.25) is 5.91 Å². The molecule has 102 valence electrons. The number of amides is 1. The zero-order valence-corrected chi connectivity index (χ0v) is 10.1. The SMILES string of the molecule is CNC(=O)C1CCCN(CC(C#N)C(F)(F)F)C1. The van der Waals surface area contributed by atoms with Crippen LogP contribution in [0.15, 0.2) is 0 Å². The highest BCUT2D eigenvalue weighted by Gasteiger charge is 2.41. The molecule has 1 fully saturated rings. The maximum absolute atomic E-state index is 12.5. The van der Waals surface area contributed by atoms with Gasteiger partial charge in [0.25, 0.3) is 0 Å². The number of hydrogen-bond donors (Lipinski definition) is 1. The van der Waals surface area contributed by atoms with Crippen molar-refractivity contribution in [2.24, 2.45) is 11.8 Å². The van der Waals surface area contributed by atoms with Crippen LogP contribution < -0.4 is 5.32 Å². The van der Waals surface area contributed by atoms with Crippen LogP contribution in [-0.4, -0.2) is 43.7 Å². The summed E-state index contributed by atoms with van der Waals surface area (Å²) in [4.78, 5) is 13.0. The summed E-state index contributed by atoms with van der Waals surface area (Å²) >= 11 is 0. The van der Waals surface area contributed by atoms with Crippen LogP contribution in [0.1, 0.15) is 12.8 Å². The maximum atomic E-state index is 12.5. The lowest BCUT2D eigenvalue weighted by Gasteiger charge is -2.33. The van der Waals surface area contributed by atoms with Gasteiger partial charge in [0, 0.05) is 20.1 Å². The van der Waals surface area contributed by atoms with E-state index in [0.29, 0.717) is 19.4 Å². The van der Waals surface area contributed by atoms with E-state index in [2.05, 4.69) is 5.32 Å². The largest absolute Gasteiger partial charge is 0.405 e. The average molecular weight is 263 g/mol. The van der Waals surface area contributed by atoms with Crippen LogP contribution in [0.4, 0.5) is 13.2 Å². The zero-order valence-electron chi connectivity index (χ0n) is 10.1. The summed E-state index contributed by atoms with van der Waals surface area (Å²) in [6.07, 6.45) is -3.15. The molecule has 1 N–H and O–H groups in total. The summed E-state index contributed by atoms with van der Waals surface area (Å²) in [7, 11) is 1.51. The molecule has 1 saturated heterocycles. The minimum absolute atomic E-state index is 0.153. The van der Waals surface area contributed by atoms with Crippen LogP contribution in [0.25, 0.3) is 0 Å². The molecule has 18 heavy (non-hydrogen) atoms. The number of halogens is 3. The summed E-state index contributed by atoms with van der Waals surface area (Å²) in [5.74, 6) is -2.42. The third-order valence-electron chi connectivity index (χ3n) is 3.11. The van der Waals surface area contributed by atoms with Gasteiger partial charge in [-0.3, -0.25) is 4.79 Å². The van der Waals surface area contributed by atoms with Crippen LogP contribution in [0.3, 0.4) is 0 Å². The molecule has 2 unspecified atom stereocenters. The molecule has 0 aromatic carbocycles. The molecule has 0 aliphatic carbocycles. The van der Waals surface area contributed by atoms with Gasteiger partial charge in [0.15, 0.2) is 5.92 Å². The minimum atomic E-state index is -4.51. The van der Waals surface area contributed by atoms with Gasteiger partial charge in [-0.25, -0.2) is 0 Å². The average Bonchev–Trinajstić information content (AvgIpc) is 2.33. The Labute approximate surface area is 104 Å². The van der Waals surface area contributed by atoms with Crippen LogP contribution in [-0.2, 0) is 4.79 Å². The Balaban J connectivity index is 2.57. The van der Waals surface area contributed by atoms with Gasteiger partial charge in [-0.1, -0.05) is 0 Å². The van der Waals surface area contributed by atoms with Crippen molar-refractivity contribution in [2.75, 3.05) is 26.7 Å². The van der Waals surface area contributed by atoms with E-state index in [-0.39, 0.29) is 24.9 Å². The van der Waals surface area contributed by atoms with Gasteiger partial charge in [-0.05, 0) is 19.4 Å². The Morgan fingerprint density at radius 1 is 1.61 bits per heavy atom. The number of nitrogens with zero attached hydrogens (tertiary/aromatic N) is 2. The van der Waals surface area contributed by atoms with Gasteiger partial charge in [0.05, 0.1) is 12.0 Å².